The summed E-state index contributed by atoms with van der Waals surface area (Å²) < 4.78 is 3.98. The van der Waals surface area contributed by atoms with E-state index in [1.807, 2.05) is 36.1 Å². The maximum atomic E-state index is 13.8. The van der Waals surface area contributed by atoms with Gasteiger partial charge in [-0.25, -0.2) is 0 Å². The van der Waals surface area contributed by atoms with E-state index in [1.54, 1.807) is 16.7 Å². The third kappa shape index (κ3) is 3.52. The molecule has 4 aliphatic heterocycles. The van der Waals surface area contributed by atoms with Crippen LogP contribution in [0.1, 0.15) is 39.5 Å². The summed E-state index contributed by atoms with van der Waals surface area (Å²) in [5.74, 6) is -1.91. The normalized spacial score (nSPS) is 36.7. The molecule has 0 saturated carbocycles. The zero-order valence-electron chi connectivity index (χ0n) is 18.3. The number of carbonyl (C=O) groups is 3. The Bertz CT molecular complexity index is 814. The zero-order chi connectivity index (χ0) is 22.2. The minimum absolute atomic E-state index is 0.0557. The Morgan fingerprint density at radius 3 is 2.65 bits per heavy atom. The Kier molecular flexibility index (Phi) is 6.23. The van der Waals surface area contributed by atoms with Crippen LogP contribution in [0, 0.1) is 11.8 Å². The molecule has 0 aromatic rings. The molecule has 8 heteroatoms. The van der Waals surface area contributed by atoms with E-state index in [4.69, 9.17) is 4.74 Å². The molecule has 2 fully saturated rings. The van der Waals surface area contributed by atoms with E-state index in [-0.39, 0.29) is 31.0 Å². The third-order valence-corrected chi connectivity index (χ3v) is 8.78. The van der Waals surface area contributed by atoms with Gasteiger partial charge in [0, 0.05) is 31.0 Å². The van der Waals surface area contributed by atoms with Crippen LogP contribution in [0.25, 0.3) is 0 Å². The maximum Gasteiger partial charge on any atom is 0.311 e. The first kappa shape index (κ1) is 22.4. The van der Waals surface area contributed by atoms with Crippen molar-refractivity contribution in [2.45, 2.75) is 55.1 Å². The van der Waals surface area contributed by atoms with Crippen molar-refractivity contribution in [3.05, 3.63) is 24.3 Å². The number of aliphatic hydroxyl groups is 1. The topological polar surface area (TPSA) is 87.2 Å². The van der Waals surface area contributed by atoms with Crippen LogP contribution in [-0.4, -0.2) is 81.1 Å². The Morgan fingerprint density at radius 2 is 1.90 bits per heavy atom. The summed E-state index contributed by atoms with van der Waals surface area (Å²) in [5, 5.41) is 9.40. The largest absolute Gasteiger partial charge is 0.461 e. The predicted octanol–water partition coefficient (Wildman–Crippen LogP) is 1.76. The van der Waals surface area contributed by atoms with E-state index >= 15 is 0 Å². The number of thioether (sulfide) groups is 1. The number of rotatable bonds is 7. The number of carbonyl (C=O) groups excluding carboxylic acids is 3. The van der Waals surface area contributed by atoms with E-state index in [1.165, 1.54) is 0 Å². The molecule has 31 heavy (non-hydrogen) atoms. The molecule has 2 saturated heterocycles. The molecule has 2 amide bonds. The number of hydrogen-bond acceptors (Lipinski definition) is 6. The SMILES string of the molecule is CCCCCN1CC=C[C@]23S[C@]4(C)C=CCOC(=O)[C@@H]4[C@H]2C(=O)N(CCCO)C3C1=O. The first-order valence-electron chi connectivity index (χ1n) is 11.3. The predicted molar refractivity (Wildman–Crippen MR) is 118 cm³/mol. The van der Waals surface area contributed by atoms with Gasteiger partial charge in [0.2, 0.25) is 11.8 Å². The van der Waals surface area contributed by atoms with Gasteiger partial charge in [-0.05, 0) is 25.8 Å². The lowest BCUT2D eigenvalue weighted by Crippen LogP contribution is -2.53. The van der Waals surface area contributed by atoms with Crippen molar-refractivity contribution in [2.75, 3.05) is 32.8 Å². The Hall–Kier alpha value is -1.80. The highest BCUT2D eigenvalue weighted by Crippen LogP contribution is 2.65. The van der Waals surface area contributed by atoms with Crippen LogP contribution in [0.3, 0.4) is 0 Å². The Balaban J connectivity index is 1.77. The maximum absolute atomic E-state index is 13.8. The molecule has 4 heterocycles. The van der Waals surface area contributed by atoms with Crippen LogP contribution in [0.15, 0.2) is 24.3 Å². The number of esters is 1. The minimum Gasteiger partial charge on any atom is -0.461 e. The monoisotopic (exact) mass is 448 g/mol. The highest BCUT2D eigenvalue weighted by Gasteiger charge is 2.73. The fourth-order valence-corrected chi connectivity index (χ4v) is 7.79. The molecule has 4 aliphatic rings. The Morgan fingerprint density at radius 1 is 1.10 bits per heavy atom. The molecule has 0 radical (unpaired) electrons. The van der Waals surface area contributed by atoms with Crippen LogP contribution in [-0.2, 0) is 19.1 Å². The summed E-state index contributed by atoms with van der Waals surface area (Å²) in [6.45, 7) is 5.72. The van der Waals surface area contributed by atoms with Gasteiger partial charge < -0.3 is 19.6 Å². The summed E-state index contributed by atoms with van der Waals surface area (Å²) in [4.78, 5) is 44.0. The second-order valence-corrected chi connectivity index (χ2v) is 10.8. The van der Waals surface area contributed by atoms with Gasteiger partial charge in [-0.1, -0.05) is 38.0 Å². The first-order valence-corrected chi connectivity index (χ1v) is 12.1. The summed E-state index contributed by atoms with van der Waals surface area (Å²) in [6, 6.07) is -0.674. The lowest BCUT2D eigenvalue weighted by atomic mass is 9.75. The van der Waals surface area contributed by atoms with E-state index < -0.39 is 27.4 Å². The fraction of sp³-hybridized carbons (Fsp3) is 0.696. The average molecular weight is 449 g/mol. The van der Waals surface area contributed by atoms with Gasteiger partial charge >= 0.3 is 5.97 Å². The number of aliphatic hydroxyl groups excluding tert-OH is 1. The van der Waals surface area contributed by atoms with E-state index in [0.29, 0.717) is 26.1 Å². The van der Waals surface area contributed by atoms with Crippen LogP contribution in [0.5, 0.6) is 0 Å². The number of ether oxygens (including phenoxy) is 1. The molecule has 0 aromatic heterocycles. The molecular formula is C23H32N2O5S. The van der Waals surface area contributed by atoms with Gasteiger partial charge in [0.1, 0.15) is 12.6 Å². The van der Waals surface area contributed by atoms with E-state index in [0.717, 1.165) is 19.3 Å². The second kappa shape index (κ2) is 8.62. The standard InChI is InChI=1S/C23H32N2O5S/c1-3-4-5-11-24-12-6-10-23-16(17-21(29)30-15-7-9-22(17,2)31-23)19(27)25(13-8-14-26)18(23)20(24)28/h6-7,9-10,16-18,26H,3-5,8,11-15H2,1-2H3/t16-,17-,18?,22+,23-/m0/s1. The molecule has 170 valence electrons. The molecule has 1 unspecified atom stereocenters. The molecule has 5 atom stereocenters. The Labute approximate surface area is 187 Å². The lowest BCUT2D eigenvalue weighted by molar-refractivity contribution is -0.152. The van der Waals surface area contributed by atoms with Crippen LogP contribution >= 0.6 is 11.8 Å². The smallest absolute Gasteiger partial charge is 0.311 e. The quantitative estimate of drug-likeness (QED) is 0.363. The molecule has 0 bridgehead atoms. The van der Waals surface area contributed by atoms with Crippen molar-refractivity contribution in [1.82, 2.24) is 9.80 Å². The fourth-order valence-electron chi connectivity index (χ4n) is 5.64. The number of fused-ring (bicyclic) bond motifs is 2. The van der Waals surface area contributed by atoms with Crippen molar-refractivity contribution in [3.63, 3.8) is 0 Å². The van der Waals surface area contributed by atoms with E-state index in [2.05, 4.69) is 6.92 Å². The van der Waals surface area contributed by atoms with Gasteiger partial charge in [-0.3, -0.25) is 14.4 Å². The number of likely N-dealkylation sites (tertiary alicyclic amines) is 1. The van der Waals surface area contributed by atoms with Gasteiger partial charge in [0.25, 0.3) is 0 Å². The molecule has 0 aromatic carbocycles. The van der Waals surface area contributed by atoms with E-state index in [9.17, 15) is 19.5 Å². The van der Waals surface area contributed by atoms with Crippen LogP contribution in [0.2, 0.25) is 0 Å². The van der Waals surface area contributed by atoms with Crippen molar-refractivity contribution in [3.8, 4) is 0 Å². The number of amides is 2. The highest BCUT2D eigenvalue weighted by atomic mass is 32.2. The number of nitrogens with zero attached hydrogens (tertiary/aromatic N) is 2. The molecule has 7 nitrogen and oxygen atoms in total. The van der Waals surface area contributed by atoms with Crippen molar-refractivity contribution >= 4 is 29.5 Å². The number of hydrogen-bond donors (Lipinski definition) is 1. The number of cyclic esters (lactones) is 1. The average Bonchev–Trinajstić information content (AvgIpc) is 2.99. The minimum atomic E-state index is -0.816. The molecule has 4 rings (SSSR count). The molecule has 1 spiro atoms. The highest BCUT2D eigenvalue weighted by molar-refractivity contribution is 8.02. The molecular weight excluding hydrogens is 416 g/mol. The van der Waals surface area contributed by atoms with Gasteiger partial charge in [-0.15, -0.1) is 11.8 Å². The van der Waals surface area contributed by atoms with Crippen molar-refractivity contribution in [2.24, 2.45) is 11.8 Å². The van der Waals surface area contributed by atoms with Crippen molar-refractivity contribution < 1.29 is 24.2 Å². The number of unbranched alkanes of at least 4 members (excludes halogenated alkanes) is 2. The molecule has 1 N–H and O–H groups in total. The van der Waals surface area contributed by atoms with Crippen LogP contribution < -0.4 is 0 Å². The van der Waals surface area contributed by atoms with Gasteiger partial charge in [0.05, 0.1) is 16.6 Å². The first-order chi connectivity index (χ1) is 14.9. The van der Waals surface area contributed by atoms with Gasteiger partial charge in [0.15, 0.2) is 0 Å². The summed E-state index contributed by atoms with van der Waals surface area (Å²) in [7, 11) is 0. The summed E-state index contributed by atoms with van der Waals surface area (Å²) in [6.07, 6.45) is 11.3. The van der Waals surface area contributed by atoms with Crippen LogP contribution in [0.4, 0.5) is 0 Å². The zero-order valence-corrected chi connectivity index (χ0v) is 19.1. The summed E-state index contributed by atoms with van der Waals surface area (Å²) in [5.41, 5.74) is 0. The van der Waals surface area contributed by atoms with Gasteiger partial charge in [-0.2, -0.15) is 0 Å². The summed E-state index contributed by atoms with van der Waals surface area (Å²) >= 11 is 1.56. The second-order valence-electron chi connectivity index (χ2n) is 9.03. The van der Waals surface area contributed by atoms with Crippen molar-refractivity contribution in [1.29, 1.82) is 0 Å². The lowest BCUT2D eigenvalue weighted by Gasteiger charge is -2.36. The molecule has 0 aliphatic carbocycles. The third-order valence-electron chi connectivity index (χ3n) is 6.98.